The summed E-state index contributed by atoms with van der Waals surface area (Å²) >= 11 is 1.56. The lowest BCUT2D eigenvalue weighted by Crippen LogP contribution is -2.02. The molecule has 2 aromatic heterocycles. The van der Waals surface area contributed by atoms with Crippen LogP contribution < -0.4 is 0 Å². The van der Waals surface area contributed by atoms with Gasteiger partial charge in [0.25, 0.3) is 0 Å². The maximum Gasteiger partial charge on any atom is 0.236 e. The molecule has 3 aromatic carbocycles. The highest BCUT2D eigenvalue weighted by Gasteiger charge is 2.33. The molecule has 34 heavy (non-hydrogen) atoms. The molecule has 2 radical (unpaired) electrons. The van der Waals surface area contributed by atoms with Crippen molar-refractivity contribution >= 4 is 58.1 Å². The number of hydrogen-bond acceptors (Lipinski definition) is 4. The molecule has 0 unspecified atom stereocenters. The van der Waals surface area contributed by atoms with Crippen molar-refractivity contribution in [2.75, 3.05) is 0 Å². The maximum atomic E-state index is 13.1. The van der Waals surface area contributed by atoms with Gasteiger partial charge in [-0.25, -0.2) is 4.98 Å². The Bertz CT molecular complexity index is 1660. The summed E-state index contributed by atoms with van der Waals surface area (Å²) in [6, 6.07) is 17.5. The van der Waals surface area contributed by atoms with Crippen molar-refractivity contribution < 1.29 is 9.59 Å². The third kappa shape index (κ3) is 3.02. The standard InChI is InChI=1S/C28H19BN2O2S/c1-14-8-15(2)24(16(3)9-14)28-30-27-23(34-28)13-19(31(27)29)12-22-25(32)20-10-17-6-4-5-7-18(17)11-21(20)26(22)33/h4-13H,1-3H3. The predicted molar refractivity (Wildman–Crippen MR) is 139 cm³/mol. The average Bonchev–Trinajstić information content (AvgIpc) is 3.40. The highest BCUT2D eigenvalue weighted by Crippen LogP contribution is 2.37. The predicted octanol–water partition coefficient (Wildman–Crippen LogP) is 6.24. The van der Waals surface area contributed by atoms with Crippen LogP contribution in [0.5, 0.6) is 0 Å². The number of carbonyl (C=O) groups is 2. The largest absolute Gasteiger partial charge is 0.382 e. The zero-order chi connectivity index (χ0) is 23.7. The second-order valence-electron chi connectivity index (χ2n) is 8.88. The maximum absolute atomic E-state index is 13.1. The summed E-state index contributed by atoms with van der Waals surface area (Å²) in [6.45, 7) is 6.26. The van der Waals surface area contributed by atoms with Gasteiger partial charge in [-0.3, -0.25) is 9.59 Å². The highest BCUT2D eigenvalue weighted by molar-refractivity contribution is 7.21. The lowest BCUT2D eigenvalue weighted by Gasteiger charge is -2.08. The third-order valence-electron chi connectivity index (χ3n) is 6.47. The Morgan fingerprint density at radius 2 is 1.47 bits per heavy atom. The number of benzene rings is 3. The van der Waals surface area contributed by atoms with Crippen molar-refractivity contribution in [2.45, 2.75) is 20.8 Å². The van der Waals surface area contributed by atoms with Crippen LogP contribution in [-0.2, 0) is 0 Å². The first-order valence-corrected chi connectivity index (χ1v) is 11.8. The van der Waals surface area contributed by atoms with Crippen LogP contribution in [0.25, 0.3) is 37.8 Å². The zero-order valence-electron chi connectivity index (χ0n) is 19.0. The molecule has 4 nitrogen and oxygen atoms in total. The normalized spacial score (nSPS) is 13.3. The summed E-state index contributed by atoms with van der Waals surface area (Å²) < 4.78 is 2.37. The molecule has 2 heterocycles. The SMILES string of the molecule is [B]n1c(C=C2C(=O)c3cc4ccccc4cc3C2=O)cc2sc(-c3c(C)cc(C)cc3C)nc21. The Balaban J connectivity index is 1.43. The van der Waals surface area contributed by atoms with Crippen LogP contribution in [0.4, 0.5) is 0 Å². The van der Waals surface area contributed by atoms with Gasteiger partial charge in [0.2, 0.25) is 7.98 Å². The van der Waals surface area contributed by atoms with Gasteiger partial charge in [-0.15, -0.1) is 11.3 Å². The van der Waals surface area contributed by atoms with Gasteiger partial charge in [-0.1, -0.05) is 42.0 Å². The van der Waals surface area contributed by atoms with E-state index < -0.39 is 0 Å². The molecule has 6 heteroatoms. The Morgan fingerprint density at radius 1 is 0.882 bits per heavy atom. The van der Waals surface area contributed by atoms with Crippen LogP contribution in [-0.4, -0.2) is 29.0 Å². The van der Waals surface area contributed by atoms with E-state index in [1.807, 2.05) is 30.3 Å². The fourth-order valence-electron chi connectivity index (χ4n) is 4.94. The molecule has 1 aliphatic rings. The minimum atomic E-state index is -0.269. The van der Waals surface area contributed by atoms with Crippen LogP contribution in [0.3, 0.4) is 0 Å². The highest BCUT2D eigenvalue weighted by atomic mass is 32.1. The van der Waals surface area contributed by atoms with E-state index in [-0.39, 0.29) is 17.1 Å². The number of fused-ring (bicyclic) bond motifs is 3. The molecule has 1 aliphatic carbocycles. The van der Waals surface area contributed by atoms with E-state index in [9.17, 15) is 9.59 Å². The molecule has 0 fully saturated rings. The molecule has 0 saturated heterocycles. The summed E-state index contributed by atoms with van der Waals surface area (Å²) in [7, 11) is 6.38. The number of nitrogens with zero attached hydrogens (tertiary/aromatic N) is 2. The van der Waals surface area contributed by atoms with Crippen molar-refractivity contribution in [1.82, 2.24) is 9.46 Å². The monoisotopic (exact) mass is 458 g/mol. The first kappa shape index (κ1) is 20.8. The van der Waals surface area contributed by atoms with E-state index in [4.69, 9.17) is 13.0 Å². The topological polar surface area (TPSA) is 52.0 Å². The van der Waals surface area contributed by atoms with E-state index in [0.29, 0.717) is 22.5 Å². The quantitative estimate of drug-likeness (QED) is 0.179. The summed E-state index contributed by atoms with van der Waals surface area (Å²) in [5.74, 6) is -0.537. The number of ketones is 2. The molecule has 6 rings (SSSR count). The van der Waals surface area contributed by atoms with Gasteiger partial charge in [0.15, 0.2) is 11.6 Å². The molecule has 5 aromatic rings. The second kappa shape index (κ2) is 7.37. The zero-order valence-corrected chi connectivity index (χ0v) is 19.8. The van der Waals surface area contributed by atoms with E-state index in [1.165, 1.54) is 21.2 Å². The minimum Gasteiger partial charge on any atom is -0.382 e. The molecule has 0 aliphatic heterocycles. The Labute approximate surface area is 202 Å². The number of carbonyl (C=O) groups excluding carboxylic acids is 2. The summed E-state index contributed by atoms with van der Waals surface area (Å²) in [5, 5.41) is 2.78. The Hall–Kier alpha value is -3.77. The number of thiazole rings is 1. The van der Waals surface area contributed by atoms with E-state index in [2.05, 4.69) is 32.9 Å². The van der Waals surface area contributed by atoms with Crippen LogP contribution >= 0.6 is 11.3 Å². The molecule has 162 valence electrons. The molecule has 0 spiro atoms. The molecule has 0 atom stereocenters. The smallest absolute Gasteiger partial charge is 0.236 e. The van der Waals surface area contributed by atoms with Crippen LogP contribution in [0.2, 0.25) is 0 Å². The molecule has 0 saturated carbocycles. The number of aryl methyl sites for hydroxylation is 3. The van der Waals surface area contributed by atoms with E-state index >= 15 is 0 Å². The van der Waals surface area contributed by atoms with Crippen LogP contribution in [0.1, 0.15) is 43.1 Å². The second-order valence-corrected chi connectivity index (χ2v) is 9.91. The van der Waals surface area contributed by atoms with Gasteiger partial charge >= 0.3 is 0 Å². The molecule has 0 bridgehead atoms. The third-order valence-corrected chi connectivity index (χ3v) is 7.48. The summed E-state index contributed by atoms with van der Waals surface area (Å²) in [6.07, 6.45) is 1.59. The lowest BCUT2D eigenvalue weighted by atomic mass is 10.0. The fourth-order valence-corrected chi connectivity index (χ4v) is 6.12. The van der Waals surface area contributed by atoms with Gasteiger partial charge in [-0.05, 0) is 66.9 Å². The van der Waals surface area contributed by atoms with Gasteiger partial charge in [0.05, 0.1) is 10.3 Å². The van der Waals surface area contributed by atoms with Gasteiger partial charge in [0, 0.05) is 22.4 Å². The van der Waals surface area contributed by atoms with Crippen molar-refractivity contribution in [2.24, 2.45) is 0 Å². The first-order chi connectivity index (χ1) is 16.3. The molecule has 0 amide bonds. The number of rotatable bonds is 2. The van der Waals surface area contributed by atoms with E-state index in [1.54, 1.807) is 29.5 Å². The van der Waals surface area contributed by atoms with Crippen molar-refractivity contribution in [3.8, 4) is 10.6 Å². The number of aromatic nitrogens is 2. The molecule has 0 N–H and O–H groups in total. The fraction of sp³-hybridized carbons (Fsp3) is 0.107. The van der Waals surface area contributed by atoms with Gasteiger partial charge in [0.1, 0.15) is 10.7 Å². The average molecular weight is 458 g/mol. The van der Waals surface area contributed by atoms with Gasteiger partial charge in [-0.2, -0.15) is 0 Å². The van der Waals surface area contributed by atoms with Crippen molar-refractivity contribution in [1.29, 1.82) is 0 Å². The lowest BCUT2D eigenvalue weighted by molar-refractivity contribution is 0.0990. The van der Waals surface area contributed by atoms with Crippen molar-refractivity contribution in [3.05, 3.63) is 93.7 Å². The minimum absolute atomic E-state index is 0.132. The first-order valence-electron chi connectivity index (χ1n) is 11.0. The van der Waals surface area contributed by atoms with Crippen molar-refractivity contribution in [3.63, 3.8) is 0 Å². The summed E-state index contributed by atoms with van der Waals surface area (Å²) in [4.78, 5) is 31.0. The summed E-state index contributed by atoms with van der Waals surface area (Å²) in [5.41, 5.74) is 6.91. The number of hydrogen-bond donors (Lipinski definition) is 0. The number of Topliss-reactive ketones (excluding diaryl/α,β-unsaturated/α-hetero) is 2. The number of allylic oxidation sites excluding steroid dienone is 1. The Kier molecular flexibility index (Phi) is 4.51. The Morgan fingerprint density at radius 3 is 2.03 bits per heavy atom. The molecular weight excluding hydrogens is 439 g/mol. The van der Waals surface area contributed by atoms with Crippen LogP contribution in [0.15, 0.2) is 60.2 Å². The van der Waals surface area contributed by atoms with Gasteiger partial charge < -0.3 is 4.48 Å². The van der Waals surface area contributed by atoms with E-state index in [0.717, 1.165) is 26.0 Å². The van der Waals surface area contributed by atoms with Crippen LogP contribution in [0, 0.1) is 20.8 Å². The molecular formula is C28H19BN2O2S.